The number of nitrogens with zero attached hydrogens (tertiary/aromatic N) is 1. The minimum atomic E-state index is -0.956. The maximum absolute atomic E-state index is 11.0. The monoisotopic (exact) mass is 293 g/mol. The molecular formula is C12H8BrNO3. The number of benzene rings is 1. The number of carboxylic acid groups (broad SMARTS) is 1. The van der Waals surface area contributed by atoms with Crippen LogP contribution >= 0.6 is 15.9 Å². The maximum atomic E-state index is 11.0. The van der Waals surface area contributed by atoms with Gasteiger partial charge in [0.1, 0.15) is 5.69 Å². The highest BCUT2D eigenvalue weighted by Crippen LogP contribution is 2.34. The number of carboxylic acids is 1. The topological polar surface area (TPSA) is 55.4 Å². The van der Waals surface area contributed by atoms with E-state index in [1.165, 1.54) is 0 Å². The van der Waals surface area contributed by atoms with E-state index in [9.17, 15) is 4.79 Å². The molecule has 2 aromatic heterocycles. The zero-order valence-electron chi connectivity index (χ0n) is 8.90. The van der Waals surface area contributed by atoms with Gasteiger partial charge in [-0.1, -0.05) is 12.1 Å². The molecule has 1 aromatic carbocycles. The Hall–Kier alpha value is -1.75. The molecule has 0 saturated heterocycles. The molecule has 0 fully saturated rings. The minimum absolute atomic E-state index is 0.223. The second kappa shape index (κ2) is 3.37. The molecule has 3 rings (SSSR count). The van der Waals surface area contributed by atoms with Gasteiger partial charge in [0.2, 0.25) is 5.71 Å². The van der Waals surface area contributed by atoms with Crippen molar-refractivity contribution in [1.82, 2.24) is 4.57 Å². The maximum Gasteiger partial charge on any atom is 0.352 e. The van der Waals surface area contributed by atoms with Crippen molar-refractivity contribution in [2.45, 2.75) is 0 Å². The first-order valence-electron chi connectivity index (χ1n) is 4.99. The van der Waals surface area contributed by atoms with Crippen molar-refractivity contribution in [3.63, 3.8) is 0 Å². The number of fused-ring (bicyclic) bond motifs is 3. The molecule has 4 nitrogen and oxygen atoms in total. The SMILES string of the molecule is Cn1c(C(=O)O)cc2c3cccc(Br)c3oc21. The average molecular weight is 294 g/mol. The summed E-state index contributed by atoms with van der Waals surface area (Å²) in [4.78, 5) is 11.0. The first kappa shape index (κ1) is 10.4. The van der Waals surface area contributed by atoms with Crippen LogP contribution in [0.15, 0.2) is 33.2 Å². The normalized spacial score (nSPS) is 11.4. The van der Waals surface area contributed by atoms with Crippen LogP contribution in [0.4, 0.5) is 0 Å². The Kier molecular flexibility index (Phi) is 2.06. The van der Waals surface area contributed by atoms with E-state index in [-0.39, 0.29) is 5.69 Å². The smallest absolute Gasteiger partial charge is 0.352 e. The van der Waals surface area contributed by atoms with Crippen molar-refractivity contribution in [1.29, 1.82) is 0 Å². The summed E-state index contributed by atoms with van der Waals surface area (Å²) in [6, 6.07) is 7.34. The largest absolute Gasteiger partial charge is 0.477 e. The second-order valence-corrected chi connectivity index (χ2v) is 4.69. The van der Waals surface area contributed by atoms with E-state index >= 15 is 0 Å². The number of hydrogen-bond acceptors (Lipinski definition) is 2. The van der Waals surface area contributed by atoms with Gasteiger partial charge in [0.05, 0.1) is 4.47 Å². The number of para-hydroxylation sites is 1. The van der Waals surface area contributed by atoms with Gasteiger partial charge in [0.25, 0.3) is 0 Å². The lowest BCUT2D eigenvalue weighted by Crippen LogP contribution is -2.03. The van der Waals surface area contributed by atoms with Gasteiger partial charge >= 0.3 is 5.97 Å². The third kappa shape index (κ3) is 1.32. The number of halogens is 1. The quantitative estimate of drug-likeness (QED) is 0.748. The molecule has 0 aliphatic carbocycles. The number of hydrogen-bond donors (Lipinski definition) is 1. The number of aryl methyl sites for hydroxylation is 1. The van der Waals surface area contributed by atoms with Crippen LogP contribution in [0.5, 0.6) is 0 Å². The van der Waals surface area contributed by atoms with E-state index < -0.39 is 5.97 Å². The highest BCUT2D eigenvalue weighted by molar-refractivity contribution is 9.10. The number of carbonyl (C=O) groups is 1. The van der Waals surface area contributed by atoms with Crippen LogP contribution in [0.2, 0.25) is 0 Å². The van der Waals surface area contributed by atoms with Crippen LogP contribution in [0.1, 0.15) is 10.5 Å². The first-order valence-corrected chi connectivity index (χ1v) is 5.78. The third-order valence-corrected chi connectivity index (χ3v) is 3.48. The fraction of sp³-hybridized carbons (Fsp3) is 0.0833. The first-order chi connectivity index (χ1) is 8.09. The Morgan fingerprint density at radius 1 is 1.41 bits per heavy atom. The summed E-state index contributed by atoms with van der Waals surface area (Å²) in [5, 5.41) is 10.8. The van der Waals surface area contributed by atoms with E-state index in [0.29, 0.717) is 5.71 Å². The van der Waals surface area contributed by atoms with Crippen molar-refractivity contribution in [2.75, 3.05) is 0 Å². The van der Waals surface area contributed by atoms with Gasteiger partial charge in [0, 0.05) is 17.8 Å². The summed E-state index contributed by atoms with van der Waals surface area (Å²) < 4.78 is 8.11. The molecule has 86 valence electrons. The predicted molar refractivity (Wildman–Crippen MR) is 67.4 cm³/mol. The molecule has 0 unspecified atom stereocenters. The van der Waals surface area contributed by atoms with E-state index in [4.69, 9.17) is 9.52 Å². The van der Waals surface area contributed by atoms with Gasteiger partial charge < -0.3 is 14.1 Å². The minimum Gasteiger partial charge on any atom is -0.477 e. The van der Waals surface area contributed by atoms with E-state index in [0.717, 1.165) is 20.8 Å². The molecule has 17 heavy (non-hydrogen) atoms. The molecule has 0 spiro atoms. The summed E-state index contributed by atoms with van der Waals surface area (Å²) in [5.74, 6) is -0.956. The zero-order valence-corrected chi connectivity index (χ0v) is 10.5. The number of furan rings is 1. The molecule has 3 aromatic rings. The molecule has 0 aliphatic heterocycles. The molecular weight excluding hydrogens is 286 g/mol. The van der Waals surface area contributed by atoms with Crippen molar-refractivity contribution in [2.24, 2.45) is 7.05 Å². The standard InChI is InChI=1S/C12H8BrNO3/c1-14-9(12(15)16)5-7-6-3-2-4-8(13)10(6)17-11(7)14/h2-5H,1H3,(H,15,16). The summed E-state index contributed by atoms with van der Waals surface area (Å²) in [7, 11) is 1.68. The summed E-state index contributed by atoms with van der Waals surface area (Å²) >= 11 is 3.41. The summed E-state index contributed by atoms with van der Waals surface area (Å²) in [5.41, 5.74) is 1.54. The van der Waals surface area contributed by atoms with Crippen LogP contribution in [0.3, 0.4) is 0 Å². The Morgan fingerprint density at radius 2 is 2.18 bits per heavy atom. The molecule has 0 amide bonds. The zero-order chi connectivity index (χ0) is 12.2. The molecule has 2 heterocycles. The number of aromatic nitrogens is 1. The van der Waals surface area contributed by atoms with Crippen molar-refractivity contribution < 1.29 is 14.3 Å². The lowest BCUT2D eigenvalue weighted by atomic mass is 10.2. The fourth-order valence-corrected chi connectivity index (χ4v) is 2.48. The van der Waals surface area contributed by atoms with E-state index in [2.05, 4.69) is 15.9 Å². The van der Waals surface area contributed by atoms with Gasteiger partial charge in [-0.25, -0.2) is 4.79 Å². The Labute approximate surface area is 105 Å². The molecule has 0 saturated carbocycles. The Bertz CT molecular complexity index is 754. The van der Waals surface area contributed by atoms with Crippen LogP contribution in [0.25, 0.3) is 22.1 Å². The lowest BCUT2D eigenvalue weighted by molar-refractivity contribution is 0.0686. The molecule has 5 heteroatoms. The summed E-state index contributed by atoms with van der Waals surface area (Å²) in [6.45, 7) is 0. The van der Waals surface area contributed by atoms with Crippen molar-refractivity contribution in [3.8, 4) is 0 Å². The van der Waals surface area contributed by atoms with Crippen LogP contribution in [-0.4, -0.2) is 15.6 Å². The highest BCUT2D eigenvalue weighted by Gasteiger charge is 2.18. The summed E-state index contributed by atoms with van der Waals surface area (Å²) in [6.07, 6.45) is 0. The van der Waals surface area contributed by atoms with Crippen LogP contribution < -0.4 is 0 Å². The lowest BCUT2D eigenvalue weighted by Gasteiger charge is -1.96. The third-order valence-electron chi connectivity index (χ3n) is 2.85. The molecule has 1 N–H and O–H groups in total. The highest BCUT2D eigenvalue weighted by atomic mass is 79.9. The fourth-order valence-electron chi connectivity index (χ4n) is 2.03. The van der Waals surface area contributed by atoms with Gasteiger partial charge in [-0.15, -0.1) is 0 Å². The molecule has 0 aliphatic rings. The molecule has 0 bridgehead atoms. The van der Waals surface area contributed by atoms with E-state index in [1.807, 2.05) is 18.2 Å². The van der Waals surface area contributed by atoms with Gasteiger partial charge in [-0.2, -0.15) is 0 Å². The number of rotatable bonds is 1. The van der Waals surface area contributed by atoms with Crippen LogP contribution in [0, 0.1) is 0 Å². The number of aromatic carboxylic acids is 1. The Morgan fingerprint density at radius 3 is 2.88 bits per heavy atom. The second-order valence-electron chi connectivity index (χ2n) is 3.83. The predicted octanol–water partition coefficient (Wildman–Crippen LogP) is 3.39. The van der Waals surface area contributed by atoms with Crippen molar-refractivity contribution in [3.05, 3.63) is 34.4 Å². The van der Waals surface area contributed by atoms with E-state index in [1.54, 1.807) is 17.7 Å². The van der Waals surface area contributed by atoms with Gasteiger partial charge in [-0.05, 0) is 28.1 Å². The van der Waals surface area contributed by atoms with Crippen LogP contribution in [-0.2, 0) is 7.05 Å². The van der Waals surface area contributed by atoms with Crippen molar-refractivity contribution >= 4 is 44.0 Å². The molecule has 0 radical (unpaired) electrons. The van der Waals surface area contributed by atoms with Gasteiger partial charge in [0.15, 0.2) is 5.58 Å². The Balaban J connectivity index is 2.49. The molecule has 0 atom stereocenters. The van der Waals surface area contributed by atoms with Gasteiger partial charge in [-0.3, -0.25) is 0 Å². The average Bonchev–Trinajstić information content (AvgIpc) is 2.78.